The van der Waals surface area contributed by atoms with E-state index >= 15 is 0 Å². The van der Waals surface area contributed by atoms with Crippen molar-refractivity contribution in [3.8, 4) is 0 Å². The predicted octanol–water partition coefficient (Wildman–Crippen LogP) is 1.49. The summed E-state index contributed by atoms with van der Waals surface area (Å²) in [5.74, 6) is -0.599. The number of sulfonamides is 1. The van der Waals surface area contributed by atoms with Crippen LogP contribution in [-0.2, 0) is 30.8 Å². The number of rotatable bonds is 6. The molecule has 0 radical (unpaired) electrons. The molecule has 10 heteroatoms. The van der Waals surface area contributed by atoms with E-state index in [-0.39, 0.29) is 36.7 Å². The fraction of sp³-hybridized carbons (Fsp3) is 0.320. The molecule has 3 aromatic rings. The third kappa shape index (κ3) is 6.41. The number of para-hydroxylation sites is 1. The minimum atomic E-state index is -4.10. The quantitative estimate of drug-likeness (QED) is 0.534. The van der Waals surface area contributed by atoms with Gasteiger partial charge < -0.3 is 15.0 Å². The summed E-state index contributed by atoms with van der Waals surface area (Å²) in [5.41, 5.74) is 1.14. The maximum absolute atomic E-state index is 13.6. The van der Waals surface area contributed by atoms with Crippen LogP contribution in [0.1, 0.15) is 12.0 Å². The van der Waals surface area contributed by atoms with E-state index in [0.29, 0.717) is 30.7 Å². The van der Waals surface area contributed by atoms with Crippen molar-refractivity contribution in [1.29, 1.82) is 0 Å². The lowest BCUT2D eigenvalue weighted by Gasteiger charge is -2.28. The van der Waals surface area contributed by atoms with Crippen molar-refractivity contribution in [3.05, 3.63) is 72.4 Å². The Bertz CT molecular complexity index is 1280. The lowest BCUT2D eigenvalue weighted by atomic mass is 10.1. The monoisotopic (exact) mass is 496 g/mol. The average Bonchev–Trinajstić information content (AvgIpc) is 2.87. The van der Waals surface area contributed by atoms with E-state index in [2.05, 4.69) is 15.0 Å². The smallest absolute Gasteiger partial charge is 0.243 e. The number of carbonyl (C=O) groups excluding carboxylic acids is 2. The second-order valence-electron chi connectivity index (χ2n) is 8.23. The maximum atomic E-state index is 13.6. The van der Waals surface area contributed by atoms with Gasteiger partial charge in [0.15, 0.2) is 0 Å². The topological polar surface area (TPSA) is 118 Å². The molecule has 0 unspecified atom stereocenters. The maximum Gasteiger partial charge on any atom is 0.243 e. The summed E-state index contributed by atoms with van der Waals surface area (Å²) in [6, 6.07) is 16.6. The van der Waals surface area contributed by atoms with Crippen LogP contribution < -0.4 is 10.0 Å². The molecule has 1 aliphatic heterocycles. The first-order chi connectivity index (χ1) is 16.9. The van der Waals surface area contributed by atoms with Gasteiger partial charge in [-0.25, -0.2) is 8.42 Å². The molecule has 1 atom stereocenters. The summed E-state index contributed by atoms with van der Waals surface area (Å²) in [7, 11) is -4.10. The van der Waals surface area contributed by atoms with Gasteiger partial charge in [0.05, 0.1) is 18.7 Å². The van der Waals surface area contributed by atoms with Crippen molar-refractivity contribution in [3.63, 3.8) is 0 Å². The van der Waals surface area contributed by atoms with Gasteiger partial charge in [-0.2, -0.15) is 4.72 Å². The average molecular weight is 497 g/mol. The number of ether oxygens (including phenoxy) is 1. The largest absolute Gasteiger partial charge is 0.378 e. The van der Waals surface area contributed by atoms with E-state index in [9.17, 15) is 18.0 Å². The number of amides is 2. The van der Waals surface area contributed by atoms with Crippen molar-refractivity contribution in [2.75, 3.05) is 32.8 Å². The molecule has 2 N–H and O–H groups in total. The second-order valence-corrected chi connectivity index (χ2v) is 9.91. The minimum absolute atomic E-state index is 0.00475. The Morgan fingerprint density at radius 2 is 1.86 bits per heavy atom. The van der Waals surface area contributed by atoms with Gasteiger partial charge in [0.2, 0.25) is 21.8 Å². The molecule has 0 saturated carbocycles. The van der Waals surface area contributed by atoms with Crippen LogP contribution in [0.25, 0.3) is 10.9 Å². The number of hydrogen-bond donors (Lipinski definition) is 2. The minimum Gasteiger partial charge on any atom is -0.378 e. The van der Waals surface area contributed by atoms with Gasteiger partial charge in [-0.1, -0.05) is 48.5 Å². The standard InChI is InChI=1S/C25H28N4O5S/c30-23-11-14-29(15-17-34-16-13-26-23)25(31)21(18-19-6-2-1-3-7-19)28-35(32,33)22-10-4-8-20-9-5-12-27-24(20)22/h1-10,12,21,28H,11,13-18H2,(H,26,30)/t21-/m1/s1. The van der Waals surface area contributed by atoms with Crippen LogP contribution in [-0.4, -0.2) is 69.0 Å². The number of aromatic nitrogens is 1. The van der Waals surface area contributed by atoms with Crippen molar-refractivity contribution in [2.24, 2.45) is 0 Å². The first-order valence-corrected chi connectivity index (χ1v) is 13.0. The highest BCUT2D eigenvalue weighted by molar-refractivity contribution is 7.89. The number of nitrogens with zero attached hydrogens (tertiary/aromatic N) is 2. The number of nitrogens with one attached hydrogen (secondary N) is 2. The van der Waals surface area contributed by atoms with E-state index in [1.807, 2.05) is 30.3 Å². The molecule has 4 rings (SSSR count). The number of pyridine rings is 1. The van der Waals surface area contributed by atoms with Crippen LogP contribution in [0, 0.1) is 0 Å². The van der Waals surface area contributed by atoms with Crippen molar-refractivity contribution < 1.29 is 22.7 Å². The second kappa shape index (κ2) is 11.4. The van der Waals surface area contributed by atoms with E-state index in [1.54, 1.807) is 24.3 Å². The molecule has 0 bridgehead atoms. The number of carbonyl (C=O) groups is 2. The molecule has 2 amide bonds. The Morgan fingerprint density at radius 3 is 2.69 bits per heavy atom. The summed E-state index contributed by atoms with van der Waals surface area (Å²) < 4.78 is 35.1. The van der Waals surface area contributed by atoms with Crippen molar-refractivity contribution in [1.82, 2.24) is 19.9 Å². The molecule has 1 aliphatic rings. The molecule has 1 saturated heterocycles. The van der Waals surface area contributed by atoms with Gasteiger partial charge in [0, 0.05) is 37.6 Å². The van der Waals surface area contributed by atoms with Crippen LogP contribution in [0.2, 0.25) is 0 Å². The summed E-state index contributed by atoms with van der Waals surface area (Å²) in [6.45, 7) is 1.48. The third-order valence-electron chi connectivity index (χ3n) is 5.76. The lowest BCUT2D eigenvalue weighted by molar-refractivity contribution is -0.134. The fourth-order valence-corrected chi connectivity index (χ4v) is 5.36. The van der Waals surface area contributed by atoms with Gasteiger partial charge in [0.1, 0.15) is 10.9 Å². The van der Waals surface area contributed by atoms with E-state index < -0.39 is 22.0 Å². The van der Waals surface area contributed by atoms with Crippen LogP contribution in [0.4, 0.5) is 0 Å². The molecule has 9 nitrogen and oxygen atoms in total. The predicted molar refractivity (Wildman–Crippen MR) is 131 cm³/mol. The Hall–Kier alpha value is -3.34. The summed E-state index contributed by atoms with van der Waals surface area (Å²) in [5, 5.41) is 3.42. The zero-order valence-corrected chi connectivity index (χ0v) is 20.0. The number of hydrogen-bond acceptors (Lipinski definition) is 6. The summed E-state index contributed by atoms with van der Waals surface area (Å²) >= 11 is 0. The lowest BCUT2D eigenvalue weighted by Crippen LogP contribution is -2.51. The van der Waals surface area contributed by atoms with Gasteiger partial charge in [-0.05, 0) is 24.1 Å². The highest BCUT2D eigenvalue weighted by Gasteiger charge is 2.31. The van der Waals surface area contributed by atoms with Crippen molar-refractivity contribution in [2.45, 2.75) is 23.8 Å². The molecule has 2 heterocycles. The van der Waals surface area contributed by atoms with E-state index in [4.69, 9.17) is 4.74 Å². The first kappa shape index (κ1) is 24.8. The molecule has 1 aromatic heterocycles. The zero-order chi connectivity index (χ0) is 24.7. The highest BCUT2D eigenvalue weighted by Crippen LogP contribution is 2.21. The Labute approximate surface area is 204 Å². The Balaban J connectivity index is 1.64. The molecular formula is C25H28N4O5S. The van der Waals surface area contributed by atoms with Crippen molar-refractivity contribution >= 4 is 32.7 Å². The Kier molecular flexibility index (Phi) is 8.06. The molecule has 0 aliphatic carbocycles. The van der Waals surface area contributed by atoms with Gasteiger partial charge >= 0.3 is 0 Å². The fourth-order valence-electron chi connectivity index (χ4n) is 3.99. The number of benzene rings is 2. The molecule has 2 aromatic carbocycles. The van der Waals surface area contributed by atoms with Gasteiger partial charge in [0.25, 0.3) is 0 Å². The highest BCUT2D eigenvalue weighted by atomic mass is 32.2. The zero-order valence-electron chi connectivity index (χ0n) is 19.2. The number of fused-ring (bicyclic) bond motifs is 1. The third-order valence-corrected chi connectivity index (χ3v) is 7.26. The molecule has 0 spiro atoms. The molecule has 35 heavy (non-hydrogen) atoms. The molecule has 1 fully saturated rings. The molecular weight excluding hydrogens is 468 g/mol. The summed E-state index contributed by atoms with van der Waals surface area (Å²) in [6.07, 6.45) is 1.81. The van der Waals surface area contributed by atoms with Crippen LogP contribution in [0.3, 0.4) is 0 Å². The van der Waals surface area contributed by atoms with E-state index in [0.717, 1.165) is 5.56 Å². The normalized spacial score (nSPS) is 16.5. The Morgan fingerprint density at radius 1 is 1.06 bits per heavy atom. The van der Waals surface area contributed by atoms with Crippen LogP contribution in [0.15, 0.2) is 71.8 Å². The van der Waals surface area contributed by atoms with E-state index in [1.165, 1.54) is 17.2 Å². The molecule has 184 valence electrons. The SMILES string of the molecule is O=C1CCN(C(=O)[C@@H](Cc2ccccc2)NS(=O)(=O)c2cccc3cccnc23)CCOCCN1. The van der Waals surface area contributed by atoms with Gasteiger partial charge in [-0.3, -0.25) is 14.6 Å². The summed E-state index contributed by atoms with van der Waals surface area (Å²) in [4.78, 5) is 31.4. The van der Waals surface area contributed by atoms with Crippen LogP contribution >= 0.6 is 0 Å². The van der Waals surface area contributed by atoms with Gasteiger partial charge in [-0.15, -0.1) is 0 Å². The first-order valence-electron chi connectivity index (χ1n) is 11.5. The van der Waals surface area contributed by atoms with Crippen LogP contribution in [0.5, 0.6) is 0 Å².